The second-order valence-electron chi connectivity index (χ2n) is 12.8. The first-order valence-corrected chi connectivity index (χ1v) is 18.9. The molecule has 0 spiro atoms. The van der Waals surface area contributed by atoms with Crippen molar-refractivity contribution in [3.63, 3.8) is 0 Å². The number of hydrogen-bond acceptors (Lipinski definition) is 4. The van der Waals surface area contributed by atoms with Crippen LogP contribution in [0.5, 0.6) is 0 Å². The molecule has 3 atom stereocenters. The van der Waals surface area contributed by atoms with Crippen LogP contribution in [-0.4, -0.2) is 46.1 Å². The first-order valence-electron chi connectivity index (χ1n) is 18.9. The average molecular weight is 632 g/mol. The van der Waals surface area contributed by atoms with Gasteiger partial charge >= 0.3 is 0 Å². The third kappa shape index (κ3) is 32.1. The van der Waals surface area contributed by atoms with Gasteiger partial charge in [-0.1, -0.05) is 146 Å². The third-order valence-electron chi connectivity index (χ3n) is 8.32. The molecular formula is C40H73NO4. The predicted octanol–water partition coefficient (Wildman–Crippen LogP) is 10.2. The summed E-state index contributed by atoms with van der Waals surface area (Å²) in [6, 6.07) is -0.769. The molecule has 0 saturated carbocycles. The Labute approximate surface area is 278 Å². The largest absolute Gasteiger partial charge is 0.394 e. The highest BCUT2D eigenvalue weighted by Gasteiger charge is 2.20. The smallest absolute Gasteiger partial charge is 0.222 e. The Hall–Kier alpha value is -1.69. The van der Waals surface area contributed by atoms with E-state index in [0.717, 1.165) is 51.4 Å². The van der Waals surface area contributed by atoms with E-state index in [9.17, 15) is 20.1 Å². The first-order chi connectivity index (χ1) is 22.0. The quantitative estimate of drug-likeness (QED) is 0.0429. The molecule has 0 aromatic heterocycles. The lowest BCUT2D eigenvalue weighted by Crippen LogP contribution is -2.45. The van der Waals surface area contributed by atoms with Crippen molar-refractivity contribution in [1.82, 2.24) is 5.32 Å². The fourth-order valence-corrected chi connectivity index (χ4v) is 5.36. The maximum atomic E-state index is 12.4. The molecule has 1 amide bonds. The predicted molar refractivity (Wildman–Crippen MR) is 194 cm³/mol. The fourth-order valence-electron chi connectivity index (χ4n) is 5.36. The van der Waals surface area contributed by atoms with E-state index >= 15 is 0 Å². The molecule has 262 valence electrons. The summed E-state index contributed by atoms with van der Waals surface area (Å²) in [6.07, 6.45) is 43.8. The SMILES string of the molecule is CCCCCC/C=C\CCCCCCCC(O)CC(=O)NC(CO)C(O)/C=C/CC/C=C/CC/C=C/CCCCCCCCC. The van der Waals surface area contributed by atoms with Gasteiger partial charge < -0.3 is 20.6 Å². The highest BCUT2D eigenvalue weighted by Crippen LogP contribution is 2.12. The van der Waals surface area contributed by atoms with E-state index in [1.54, 1.807) is 6.08 Å². The zero-order valence-electron chi connectivity index (χ0n) is 29.5. The monoisotopic (exact) mass is 632 g/mol. The van der Waals surface area contributed by atoms with Crippen LogP contribution in [0.15, 0.2) is 48.6 Å². The molecule has 5 heteroatoms. The van der Waals surface area contributed by atoms with Gasteiger partial charge in [-0.2, -0.15) is 0 Å². The molecule has 0 aromatic carbocycles. The third-order valence-corrected chi connectivity index (χ3v) is 8.32. The maximum absolute atomic E-state index is 12.4. The van der Waals surface area contributed by atoms with E-state index in [1.807, 2.05) is 6.08 Å². The molecule has 0 bridgehead atoms. The molecule has 0 aliphatic heterocycles. The molecule has 0 aliphatic rings. The van der Waals surface area contributed by atoms with Gasteiger partial charge in [0, 0.05) is 0 Å². The number of unbranched alkanes of at least 4 members (excludes halogenated alkanes) is 18. The second kappa shape index (κ2) is 35.2. The Morgan fingerprint density at radius 2 is 0.956 bits per heavy atom. The molecule has 5 nitrogen and oxygen atoms in total. The lowest BCUT2D eigenvalue weighted by Gasteiger charge is -2.20. The summed E-state index contributed by atoms with van der Waals surface area (Å²) in [4.78, 5) is 12.4. The minimum absolute atomic E-state index is 0.00487. The van der Waals surface area contributed by atoms with Crippen molar-refractivity contribution < 1.29 is 20.1 Å². The molecule has 0 heterocycles. The van der Waals surface area contributed by atoms with Crippen LogP contribution in [-0.2, 0) is 4.79 Å². The molecule has 0 saturated heterocycles. The molecular weight excluding hydrogens is 558 g/mol. The van der Waals surface area contributed by atoms with Crippen molar-refractivity contribution in [3.8, 4) is 0 Å². The summed E-state index contributed by atoms with van der Waals surface area (Å²) in [6.45, 7) is 4.15. The van der Waals surface area contributed by atoms with Crippen molar-refractivity contribution >= 4 is 5.91 Å². The van der Waals surface area contributed by atoms with Gasteiger partial charge in [-0.15, -0.1) is 0 Å². The van der Waals surface area contributed by atoms with Gasteiger partial charge in [-0.05, 0) is 70.6 Å². The highest BCUT2D eigenvalue weighted by molar-refractivity contribution is 5.76. The number of nitrogens with one attached hydrogen (secondary N) is 1. The summed E-state index contributed by atoms with van der Waals surface area (Å²) in [5, 5.41) is 33.0. The van der Waals surface area contributed by atoms with E-state index in [4.69, 9.17) is 0 Å². The Balaban J connectivity index is 3.84. The minimum Gasteiger partial charge on any atom is -0.394 e. The molecule has 0 rings (SSSR count). The maximum Gasteiger partial charge on any atom is 0.222 e. The van der Waals surface area contributed by atoms with Gasteiger partial charge in [0.2, 0.25) is 5.91 Å². The molecule has 4 N–H and O–H groups in total. The summed E-state index contributed by atoms with van der Waals surface area (Å²) in [7, 11) is 0. The van der Waals surface area contributed by atoms with Crippen LogP contribution in [0.3, 0.4) is 0 Å². The fraction of sp³-hybridized carbons (Fsp3) is 0.775. The molecule has 3 unspecified atom stereocenters. The van der Waals surface area contributed by atoms with Crippen molar-refractivity contribution in [2.24, 2.45) is 0 Å². The molecule has 45 heavy (non-hydrogen) atoms. The van der Waals surface area contributed by atoms with Crippen LogP contribution in [0.25, 0.3) is 0 Å². The second-order valence-corrected chi connectivity index (χ2v) is 12.8. The van der Waals surface area contributed by atoms with Crippen LogP contribution in [0, 0.1) is 0 Å². The Bertz CT molecular complexity index is 745. The highest BCUT2D eigenvalue weighted by atomic mass is 16.3. The Morgan fingerprint density at radius 1 is 0.556 bits per heavy atom. The van der Waals surface area contributed by atoms with Crippen LogP contribution in [0.1, 0.15) is 174 Å². The number of hydrogen-bond donors (Lipinski definition) is 4. The van der Waals surface area contributed by atoms with Crippen LogP contribution >= 0.6 is 0 Å². The number of carbonyl (C=O) groups excluding carboxylic acids is 1. The van der Waals surface area contributed by atoms with Crippen molar-refractivity contribution in [2.75, 3.05) is 6.61 Å². The van der Waals surface area contributed by atoms with Gasteiger partial charge in [-0.3, -0.25) is 4.79 Å². The number of allylic oxidation sites excluding steroid dienone is 7. The van der Waals surface area contributed by atoms with Gasteiger partial charge in [0.25, 0.3) is 0 Å². The van der Waals surface area contributed by atoms with Gasteiger partial charge in [-0.25, -0.2) is 0 Å². The first kappa shape index (κ1) is 43.3. The lowest BCUT2D eigenvalue weighted by molar-refractivity contribution is -0.124. The number of rotatable bonds is 33. The molecule has 0 aromatic rings. The Morgan fingerprint density at radius 3 is 1.44 bits per heavy atom. The van der Waals surface area contributed by atoms with E-state index in [-0.39, 0.29) is 18.9 Å². The van der Waals surface area contributed by atoms with E-state index in [0.29, 0.717) is 6.42 Å². The van der Waals surface area contributed by atoms with Crippen molar-refractivity contribution in [1.29, 1.82) is 0 Å². The average Bonchev–Trinajstić information content (AvgIpc) is 3.03. The van der Waals surface area contributed by atoms with Crippen molar-refractivity contribution in [3.05, 3.63) is 48.6 Å². The van der Waals surface area contributed by atoms with E-state index < -0.39 is 18.2 Å². The summed E-state index contributed by atoms with van der Waals surface area (Å²) in [5.74, 6) is -0.338. The number of aliphatic hydroxyl groups excluding tert-OH is 3. The molecule has 0 aliphatic carbocycles. The molecule has 0 fully saturated rings. The standard InChI is InChI=1S/C40H73NO4/c1-3-5-7-9-11-13-15-17-18-19-20-22-24-26-28-30-32-34-39(44)38(36-42)41-40(45)35-37(43)33-31-29-27-25-23-21-16-14-12-10-8-6-4-2/h14,16,18-19,24,26,32,34,37-39,42-44H,3-13,15,17,20-23,25,27-31,33,35-36H2,1-2H3,(H,41,45)/b16-14-,19-18+,26-24+,34-32+. The zero-order valence-corrected chi connectivity index (χ0v) is 29.5. The summed E-state index contributed by atoms with van der Waals surface area (Å²) >= 11 is 0. The summed E-state index contributed by atoms with van der Waals surface area (Å²) < 4.78 is 0. The van der Waals surface area contributed by atoms with Crippen molar-refractivity contribution in [2.45, 2.75) is 193 Å². The summed E-state index contributed by atoms with van der Waals surface area (Å²) in [5.41, 5.74) is 0. The van der Waals surface area contributed by atoms with Gasteiger partial charge in [0.15, 0.2) is 0 Å². The van der Waals surface area contributed by atoms with Crippen LogP contribution < -0.4 is 5.32 Å². The number of carbonyl (C=O) groups is 1. The lowest BCUT2D eigenvalue weighted by atomic mass is 10.0. The zero-order chi connectivity index (χ0) is 33.1. The number of amides is 1. The van der Waals surface area contributed by atoms with E-state index in [1.165, 1.54) is 96.3 Å². The molecule has 0 radical (unpaired) electrons. The van der Waals surface area contributed by atoms with Crippen LogP contribution in [0.4, 0.5) is 0 Å². The minimum atomic E-state index is -0.961. The Kier molecular flexibility index (Phi) is 33.8. The number of aliphatic hydroxyl groups is 3. The normalized spacial score (nSPS) is 14.3. The van der Waals surface area contributed by atoms with E-state index in [2.05, 4.69) is 55.6 Å². The van der Waals surface area contributed by atoms with Gasteiger partial charge in [0.1, 0.15) is 0 Å². The van der Waals surface area contributed by atoms with Crippen LogP contribution in [0.2, 0.25) is 0 Å². The topological polar surface area (TPSA) is 89.8 Å². The van der Waals surface area contributed by atoms with Gasteiger partial charge in [0.05, 0.1) is 31.3 Å².